The first kappa shape index (κ1) is 12.0. The standard InChI is InChI=1S/C11H19NO3/c1-9(13)15-12-11(14)8-7-10-5-3-2-4-6-10/h10H,2-8H2,1H3,(H,12,14). The molecule has 0 aromatic carbocycles. The third-order valence-electron chi connectivity index (χ3n) is 2.81. The molecule has 15 heavy (non-hydrogen) atoms. The van der Waals surface area contributed by atoms with Gasteiger partial charge in [-0.3, -0.25) is 9.59 Å². The first-order valence-electron chi connectivity index (χ1n) is 5.64. The molecule has 1 aliphatic rings. The minimum atomic E-state index is -0.485. The topological polar surface area (TPSA) is 55.4 Å². The Morgan fingerprint density at radius 1 is 1.27 bits per heavy atom. The minimum absolute atomic E-state index is 0.198. The molecule has 0 aromatic rings. The highest BCUT2D eigenvalue weighted by Gasteiger charge is 2.14. The molecule has 0 radical (unpaired) electrons. The van der Waals surface area contributed by atoms with E-state index in [9.17, 15) is 9.59 Å². The van der Waals surface area contributed by atoms with Crippen LogP contribution < -0.4 is 5.48 Å². The van der Waals surface area contributed by atoms with Crippen molar-refractivity contribution in [2.24, 2.45) is 5.92 Å². The van der Waals surface area contributed by atoms with E-state index in [2.05, 4.69) is 10.3 Å². The van der Waals surface area contributed by atoms with E-state index in [-0.39, 0.29) is 5.91 Å². The van der Waals surface area contributed by atoms with Crippen LogP contribution in [0.25, 0.3) is 0 Å². The lowest BCUT2D eigenvalue weighted by atomic mass is 9.86. The molecule has 1 amide bonds. The molecule has 4 nitrogen and oxygen atoms in total. The van der Waals surface area contributed by atoms with Gasteiger partial charge >= 0.3 is 5.97 Å². The Labute approximate surface area is 90.3 Å². The van der Waals surface area contributed by atoms with E-state index in [1.807, 2.05) is 0 Å². The largest absolute Gasteiger partial charge is 0.341 e. The quantitative estimate of drug-likeness (QED) is 0.729. The normalized spacial score (nSPS) is 17.1. The van der Waals surface area contributed by atoms with Crippen LogP contribution in [0.4, 0.5) is 0 Å². The third kappa shape index (κ3) is 5.40. The highest BCUT2D eigenvalue weighted by Crippen LogP contribution is 2.27. The zero-order chi connectivity index (χ0) is 11.1. The van der Waals surface area contributed by atoms with E-state index in [0.29, 0.717) is 12.3 Å². The molecule has 1 N–H and O–H groups in total. The molecule has 1 saturated carbocycles. The third-order valence-corrected chi connectivity index (χ3v) is 2.81. The maximum Gasteiger partial charge on any atom is 0.329 e. The van der Waals surface area contributed by atoms with Gasteiger partial charge < -0.3 is 4.84 Å². The Hall–Kier alpha value is -1.06. The maximum absolute atomic E-state index is 11.2. The molecule has 0 heterocycles. The average molecular weight is 213 g/mol. The SMILES string of the molecule is CC(=O)ONC(=O)CCC1CCCCC1. The van der Waals surface area contributed by atoms with E-state index >= 15 is 0 Å². The lowest BCUT2D eigenvalue weighted by molar-refractivity contribution is -0.156. The number of carbonyl (C=O) groups is 2. The number of hydrogen-bond acceptors (Lipinski definition) is 3. The highest BCUT2D eigenvalue weighted by molar-refractivity contribution is 5.77. The summed E-state index contributed by atoms with van der Waals surface area (Å²) in [4.78, 5) is 26.0. The summed E-state index contributed by atoms with van der Waals surface area (Å²) in [6, 6.07) is 0. The van der Waals surface area contributed by atoms with Gasteiger partial charge in [-0.25, -0.2) is 0 Å². The van der Waals surface area contributed by atoms with Crippen LogP contribution in [-0.2, 0) is 14.4 Å². The zero-order valence-electron chi connectivity index (χ0n) is 9.25. The fourth-order valence-corrected chi connectivity index (χ4v) is 1.99. The molecule has 0 spiro atoms. The van der Waals surface area contributed by atoms with Gasteiger partial charge in [-0.15, -0.1) is 0 Å². The monoisotopic (exact) mass is 213 g/mol. The van der Waals surface area contributed by atoms with Crippen molar-refractivity contribution in [1.29, 1.82) is 0 Å². The van der Waals surface area contributed by atoms with Crippen LogP contribution in [0.15, 0.2) is 0 Å². The molecular weight excluding hydrogens is 194 g/mol. The number of hydrogen-bond donors (Lipinski definition) is 1. The number of amides is 1. The number of nitrogens with one attached hydrogen (secondary N) is 1. The van der Waals surface area contributed by atoms with Gasteiger partial charge in [0, 0.05) is 13.3 Å². The lowest BCUT2D eigenvalue weighted by Gasteiger charge is -2.20. The van der Waals surface area contributed by atoms with Gasteiger partial charge in [0.25, 0.3) is 5.91 Å². The van der Waals surface area contributed by atoms with Gasteiger partial charge in [0.2, 0.25) is 0 Å². The molecule has 1 fully saturated rings. The van der Waals surface area contributed by atoms with Gasteiger partial charge in [0.05, 0.1) is 0 Å². The molecule has 86 valence electrons. The molecule has 0 bridgehead atoms. The second kappa shape index (κ2) is 6.43. The Bertz CT molecular complexity index is 222. The van der Waals surface area contributed by atoms with Crippen LogP contribution in [0.5, 0.6) is 0 Å². The van der Waals surface area contributed by atoms with Gasteiger partial charge in [-0.05, 0) is 12.3 Å². The fraction of sp³-hybridized carbons (Fsp3) is 0.818. The van der Waals surface area contributed by atoms with E-state index in [0.717, 1.165) is 6.42 Å². The van der Waals surface area contributed by atoms with Crippen molar-refractivity contribution in [3.63, 3.8) is 0 Å². The molecule has 4 heteroatoms. The molecule has 0 unspecified atom stereocenters. The number of carbonyl (C=O) groups excluding carboxylic acids is 2. The second-order valence-electron chi connectivity index (χ2n) is 4.16. The Kier molecular flexibility index (Phi) is 5.15. The molecule has 1 rings (SSSR count). The van der Waals surface area contributed by atoms with Crippen LogP contribution in [0.1, 0.15) is 51.9 Å². The van der Waals surface area contributed by atoms with Crippen molar-refractivity contribution in [3.8, 4) is 0 Å². The van der Waals surface area contributed by atoms with Crippen LogP contribution >= 0.6 is 0 Å². The number of rotatable bonds is 3. The minimum Gasteiger partial charge on any atom is -0.341 e. The summed E-state index contributed by atoms with van der Waals surface area (Å²) in [6.07, 6.45) is 7.75. The van der Waals surface area contributed by atoms with Crippen molar-refractivity contribution in [2.75, 3.05) is 0 Å². The summed E-state index contributed by atoms with van der Waals surface area (Å²) in [7, 11) is 0. The summed E-state index contributed by atoms with van der Waals surface area (Å²) >= 11 is 0. The Balaban J connectivity index is 2.07. The lowest BCUT2D eigenvalue weighted by Crippen LogP contribution is -2.26. The summed E-state index contributed by atoms with van der Waals surface area (Å²) < 4.78 is 0. The molecule has 0 saturated heterocycles. The molecule has 1 aliphatic carbocycles. The van der Waals surface area contributed by atoms with Gasteiger partial charge in [0.1, 0.15) is 0 Å². The Morgan fingerprint density at radius 3 is 2.53 bits per heavy atom. The fourth-order valence-electron chi connectivity index (χ4n) is 1.99. The molecule has 0 atom stereocenters. The number of hydroxylamine groups is 1. The van der Waals surface area contributed by atoms with Crippen LogP contribution in [0.3, 0.4) is 0 Å². The highest BCUT2D eigenvalue weighted by atomic mass is 16.7. The second-order valence-corrected chi connectivity index (χ2v) is 4.16. The summed E-state index contributed by atoms with van der Waals surface area (Å²) in [5.74, 6) is -0.00128. The Morgan fingerprint density at radius 2 is 1.93 bits per heavy atom. The van der Waals surface area contributed by atoms with Crippen molar-refractivity contribution < 1.29 is 14.4 Å². The smallest absolute Gasteiger partial charge is 0.329 e. The first-order valence-corrected chi connectivity index (χ1v) is 5.64. The zero-order valence-corrected chi connectivity index (χ0v) is 9.25. The molecule has 0 aliphatic heterocycles. The van der Waals surface area contributed by atoms with Crippen LogP contribution in [0, 0.1) is 5.92 Å². The average Bonchev–Trinajstić information content (AvgIpc) is 2.25. The summed E-state index contributed by atoms with van der Waals surface area (Å²) in [6.45, 7) is 1.27. The predicted molar refractivity (Wildman–Crippen MR) is 55.7 cm³/mol. The van der Waals surface area contributed by atoms with Gasteiger partial charge in [-0.1, -0.05) is 32.1 Å². The summed E-state index contributed by atoms with van der Waals surface area (Å²) in [5.41, 5.74) is 2.13. The molecule has 0 aromatic heterocycles. The van der Waals surface area contributed by atoms with Crippen LogP contribution in [-0.4, -0.2) is 11.9 Å². The van der Waals surface area contributed by atoms with E-state index < -0.39 is 5.97 Å². The van der Waals surface area contributed by atoms with E-state index in [1.165, 1.54) is 39.0 Å². The van der Waals surface area contributed by atoms with Gasteiger partial charge in [-0.2, -0.15) is 5.48 Å². The van der Waals surface area contributed by atoms with Crippen molar-refractivity contribution >= 4 is 11.9 Å². The first-order chi connectivity index (χ1) is 7.18. The summed E-state index contributed by atoms with van der Waals surface area (Å²) in [5, 5.41) is 0. The van der Waals surface area contributed by atoms with Crippen molar-refractivity contribution in [1.82, 2.24) is 5.48 Å². The predicted octanol–water partition coefficient (Wildman–Crippen LogP) is 1.94. The van der Waals surface area contributed by atoms with E-state index in [1.54, 1.807) is 0 Å². The van der Waals surface area contributed by atoms with Crippen molar-refractivity contribution in [2.45, 2.75) is 51.9 Å². The van der Waals surface area contributed by atoms with Gasteiger partial charge in [0.15, 0.2) is 0 Å². The molecular formula is C11H19NO3. The van der Waals surface area contributed by atoms with E-state index in [4.69, 9.17) is 0 Å². The maximum atomic E-state index is 11.2. The van der Waals surface area contributed by atoms with Crippen LogP contribution in [0.2, 0.25) is 0 Å². The van der Waals surface area contributed by atoms with Crippen molar-refractivity contribution in [3.05, 3.63) is 0 Å².